The minimum Gasteiger partial charge on any atom is -0.497 e. The maximum absolute atomic E-state index is 13.5. The van der Waals surface area contributed by atoms with Gasteiger partial charge in [-0.2, -0.15) is 4.31 Å². The van der Waals surface area contributed by atoms with Gasteiger partial charge in [0, 0.05) is 31.0 Å². The number of anilines is 1. The molecule has 2 aliphatic heterocycles. The first-order chi connectivity index (χ1) is 14.8. The average molecular weight is 462 g/mol. The molecule has 0 bridgehead atoms. The summed E-state index contributed by atoms with van der Waals surface area (Å²) in [5, 5.41) is 3.46. The van der Waals surface area contributed by atoms with Gasteiger partial charge in [0.25, 0.3) is 0 Å². The minimum atomic E-state index is -3.76. The molecule has 1 spiro atoms. The molecule has 162 valence electrons. The molecule has 6 nitrogen and oxygen atoms in total. The summed E-state index contributed by atoms with van der Waals surface area (Å²) in [6.45, 7) is 0.656. The highest BCUT2D eigenvalue weighted by Crippen LogP contribution is 2.45. The molecule has 1 aromatic heterocycles. The van der Waals surface area contributed by atoms with Crippen LogP contribution in [0.4, 0.5) is 10.1 Å². The third kappa shape index (κ3) is 3.21. The van der Waals surface area contributed by atoms with E-state index in [1.165, 1.54) is 16.4 Å². The van der Waals surface area contributed by atoms with Gasteiger partial charge in [0.05, 0.1) is 33.9 Å². The van der Waals surface area contributed by atoms with Crippen LogP contribution in [0.25, 0.3) is 5.69 Å². The van der Waals surface area contributed by atoms with Crippen LogP contribution in [0, 0.1) is 5.82 Å². The Morgan fingerprint density at radius 3 is 2.61 bits per heavy atom. The zero-order valence-corrected chi connectivity index (χ0v) is 18.4. The highest BCUT2D eigenvalue weighted by molar-refractivity contribution is 7.89. The molecule has 0 radical (unpaired) electrons. The van der Waals surface area contributed by atoms with Gasteiger partial charge in [-0.15, -0.1) is 0 Å². The summed E-state index contributed by atoms with van der Waals surface area (Å²) in [6, 6.07) is 13.5. The van der Waals surface area contributed by atoms with E-state index in [1.807, 2.05) is 30.5 Å². The zero-order chi connectivity index (χ0) is 21.8. The third-order valence-corrected chi connectivity index (χ3v) is 8.37. The van der Waals surface area contributed by atoms with Crippen molar-refractivity contribution in [2.45, 2.75) is 23.3 Å². The number of nitrogens with zero attached hydrogens (tertiary/aromatic N) is 2. The number of rotatable bonds is 3. The molecular formula is C22H21ClFN3O3S. The fourth-order valence-corrected chi connectivity index (χ4v) is 6.24. The Kier molecular flexibility index (Phi) is 4.76. The molecule has 5 rings (SSSR count). The van der Waals surface area contributed by atoms with Crippen LogP contribution < -0.4 is 10.1 Å². The standard InChI is InChI=1S/C22H21ClFN3O3S/c1-30-15-4-7-20-19(13-15)25-22(21-3-2-10-27(20)21)8-11-26(12-9-22)31(28,29)16-5-6-18(24)17(23)14-16/h2-7,10,13-14,25H,8-9,11-12H2,1H3. The van der Waals surface area contributed by atoms with E-state index in [0.29, 0.717) is 25.9 Å². The van der Waals surface area contributed by atoms with Crippen molar-refractivity contribution < 1.29 is 17.5 Å². The number of piperidine rings is 1. The van der Waals surface area contributed by atoms with Crippen molar-refractivity contribution in [1.29, 1.82) is 0 Å². The number of sulfonamides is 1. The van der Waals surface area contributed by atoms with E-state index >= 15 is 0 Å². The second kappa shape index (κ2) is 7.25. The van der Waals surface area contributed by atoms with Gasteiger partial charge in [-0.3, -0.25) is 0 Å². The molecule has 9 heteroatoms. The first kappa shape index (κ1) is 20.4. The lowest BCUT2D eigenvalue weighted by Gasteiger charge is -2.46. The van der Waals surface area contributed by atoms with Crippen LogP contribution >= 0.6 is 11.6 Å². The van der Waals surface area contributed by atoms with E-state index in [-0.39, 0.29) is 9.92 Å². The maximum atomic E-state index is 13.5. The van der Waals surface area contributed by atoms with Gasteiger partial charge in [0.1, 0.15) is 11.6 Å². The first-order valence-corrected chi connectivity index (χ1v) is 11.8. The summed E-state index contributed by atoms with van der Waals surface area (Å²) in [5.41, 5.74) is 2.69. The van der Waals surface area contributed by atoms with Crippen molar-refractivity contribution >= 4 is 27.3 Å². The van der Waals surface area contributed by atoms with Crippen LogP contribution in [0.2, 0.25) is 5.02 Å². The van der Waals surface area contributed by atoms with E-state index < -0.39 is 21.4 Å². The van der Waals surface area contributed by atoms with Crippen molar-refractivity contribution in [2.24, 2.45) is 0 Å². The Morgan fingerprint density at radius 1 is 1.13 bits per heavy atom. The second-order valence-corrected chi connectivity index (χ2v) is 10.2. The summed E-state index contributed by atoms with van der Waals surface area (Å²) in [5.74, 6) is 0.115. The molecule has 0 unspecified atom stereocenters. The fraction of sp³-hybridized carbons (Fsp3) is 0.273. The van der Waals surface area contributed by atoms with Crippen LogP contribution in [0.1, 0.15) is 18.5 Å². The van der Waals surface area contributed by atoms with Crippen molar-refractivity contribution in [3.8, 4) is 11.4 Å². The summed E-state index contributed by atoms with van der Waals surface area (Å²) in [6.07, 6.45) is 3.19. The van der Waals surface area contributed by atoms with Crippen LogP contribution in [0.3, 0.4) is 0 Å². The molecule has 1 fully saturated rings. The van der Waals surface area contributed by atoms with Gasteiger partial charge in [-0.1, -0.05) is 11.6 Å². The Balaban J connectivity index is 1.45. The molecule has 2 aromatic carbocycles. The SMILES string of the molecule is COc1ccc2c(c1)NC1(CCN(S(=O)(=O)c3ccc(F)c(Cl)c3)CC1)c1cccn1-2. The molecule has 0 aliphatic carbocycles. The second-order valence-electron chi connectivity index (χ2n) is 7.83. The van der Waals surface area contributed by atoms with Crippen LogP contribution in [0.5, 0.6) is 5.75 Å². The molecule has 1 saturated heterocycles. The lowest BCUT2D eigenvalue weighted by Crippen LogP contribution is -2.50. The number of ether oxygens (including phenoxy) is 1. The predicted octanol–water partition coefficient (Wildman–Crippen LogP) is 4.38. The molecule has 0 saturated carbocycles. The van der Waals surface area contributed by atoms with E-state index in [4.69, 9.17) is 16.3 Å². The minimum absolute atomic E-state index is 0.00455. The van der Waals surface area contributed by atoms with Gasteiger partial charge < -0.3 is 14.6 Å². The van der Waals surface area contributed by atoms with Crippen LogP contribution in [-0.2, 0) is 15.6 Å². The third-order valence-electron chi connectivity index (χ3n) is 6.18. The quantitative estimate of drug-likeness (QED) is 0.628. The summed E-state index contributed by atoms with van der Waals surface area (Å²) in [4.78, 5) is 0.00455. The lowest BCUT2D eigenvalue weighted by atomic mass is 9.83. The van der Waals surface area contributed by atoms with E-state index in [2.05, 4.69) is 16.0 Å². The van der Waals surface area contributed by atoms with Gasteiger partial charge in [0.2, 0.25) is 10.0 Å². The van der Waals surface area contributed by atoms with Crippen LogP contribution in [-0.4, -0.2) is 37.5 Å². The molecule has 3 heterocycles. The molecule has 2 aliphatic rings. The Hall–Kier alpha value is -2.55. The highest BCUT2D eigenvalue weighted by Gasteiger charge is 2.44. The summed E-state index contributed by atoms with van der Waals surface area (Å²) < 4.78 is 48.7. The number of benzene rings is 2. The van der Waals surface area contributed by atoms with E-state index in [1.54, 1.807) is 7.11 Å². The van der Waals surface area contributed by atoms with Gasteiger partial charge in [0.15, 0.2) is 0 Å². The smallest absolute Gasteiger partial charge is 0.243 e. The summed E-state index contributed by atoms with van der Waals surface area (Å²) >= 11 is 5.81. The highest BCUT2D eigenvalue weighted by atomic mass is 35.5. The molecule has 31 heavy (non-hydrogen) atoms. The largest absolute Gasteiger partial charge is 0.497 e. The van der Waals surface area contributed by atoms with E-state index in [0.717, 1.165) is 28.9 Å². The number of aromatic nitrogens is 1. The van der Waals surface area contributed by atoms with E-state index in [9.17, 15) is 12.8 Å². The number of halogens is 2. The molecule has 3 aromatic rings. The van der Waals surface area contributed by atoms with Crippen molar-refractivity contribution in [1.82, 2.24) is 8.87 Å². The molecule has 0 amide bonds. The molecular weight excluding hydrogens is 441 g/mol. The topological polar surface area (TPSA) is 63.6 Å². The predicted molar refractivity (Wildman–Crippen MR) is 117 cm³/mol. The van der Waals surface area contributed by atoms with Crippen molar-refractivity contribution in [2.75, 3.05) is 25.5 Å². The van der Waals surface area contributed by atoms with Crippen LogP contribution in [0.15, 0.2) is 59.6 Å². The van der Waals surface area contributed by atoms with Gasteiger partial charge in [-0.25, -0.2) is 12.8 Å². The molecule has 1 N–H and O–H groups in total. The summed E-state index contributed by atoms with van der Waals surface area (Å²) in [7, 11) is -2.13. The zero-order valence-electron chi connectivity index (χ0n) is 16.8. The normalized spacial score (nSPS) is 17.6. The number of methoxy groups -OCH3 is 1. The number of fused-ring (bicyclic) bond motifs is 4. The maximum Gasteiger partial charge on any atom is 0.243 e. The number of hydrogen-bond donors (Lipinski definition) is 1. The average Bonchev–Trinajstić information content (AvgIpc) is 3.27. The Bertz CT molecular complexity index is 1270. The lowest BCUT2D eigenvalue weighted by molar-refractivity contribution is 0.247. The Labute approximate surface area is 185 Å². The van der Waals surface area contributed by atoms with Gasteiger partial charge in [-0.05, 0) is 55.3 Å². The fourth-order valence-electron chi connectivity index (χ4n) is 4.53. The monoisotopic (exact) mass is 461 g/mol. The van der Waals surface area contributed by atoms with Crippen molar-refractivity contribution in [3.63, 3.8) is 0 Å². The first-order valence-electron chi connectivity index (χ1n) is 9.94. The Morgan fingerprint density at radius 2 is 1.90 bits per heavy atom. The number of nitrogens with one attached hydrogen (secondary N) is 1. The van der Waals surface area contributed by atoms with Gasteiger partial charge >= 0.3 is 0 Å². The number of hydrogen-bond acceptors (Lipinski definition) is 4. The van der Waals surface area contributed by atoms with Crippen molar-refractivity contribution in [3.05, 3.63) is 71.3 Å². The molecule has 0 atom stereocenters.